The molecule has 0 saturated heterocycles. The largest absolute Gasteiger partial charge is 0.416 e. The second-order valence-electron chi connectivity index (χ2n) is 4.88. The number of nitrogens with zero attached hydrogens (tertiary/aromatic N) is 1. The van der Waals surface area contributed by atoms with Crippen LogP contribution in [0.1, 0.15) is 17.5 Å². The molecule has 1 aliphatic carbocycles. The number of alkyl halides is 5. The molecule has 0 radical (unpaired) electrons. The molecule has 2 atom stereocenters. The Kier molecular flexibility index (Phi) is 4.34. The summed E-state index contributed by atoms with van der Waals surface area (Å²) in [4.78, 5) is 3.86. The molecule has 0 heterocycles. The maximum atomic E-state index is 12.5. The van der Waals surface area contributed by atoms with E-state index in [0.717, 1.165) is 12.1 Å². The van der Waals surface area contributed by atoms with Crippen molar-refractivity contribution in [2.75, 3.05) is 0 Å². The first-order chi connectivity index (χ1) is 9.77. The first-order valence-electron chi connectivity index (χ1n) is 6.28. The van der Waals surface area contributed by atoms with Crippen LogP contribution in [0.2, 0.25) is 0 Å². The number of guanidine groups is 1. The zero-order chi connectivity index (χ0) is 15.6. The molecule has 0 amide bonds. The highest BCUT2D eigenvalue weighted by molar-refractivity contribution is 5.78. The molecule has 1 fully saturated rings. The number of halogens is 5. The zero-order valence-electron chi connectivity index (χ0n) is 10.9. The number of hydrogen-bond acceptors (Lipinski definition) is 1. The predicted molar refractivity (Wildman–Crippen MR) is 67.8 cm³/mol. The van der Waals surface area contributed by atoms with E-state index in [9.17, 15) is 22.0 Å². The topological polar surface area (TPSA) is 50.4 Å². The van der Waals surface area contributed by atoms with Crippen LogP contribution in [0, 0.1) is 5.92 Å². The second-order valence-corrected chi connectivity index (χ2v) is 4.88. The van der Waals surface area contributed by atoms with Gasteiger partial charge in [0.05, 0.1) is 12.1 Å². The molecular formula is C13H14F5N3. The molecule has 8 heteroatoms. The van der Waals surface area contributed by atoms with Crippen LogP contribution in [-0.2, 0) is 12.7 Å². The molecule has 1 aromatic rings. The third-order valence-corrected chi connectivity index (χ3v) is 3.18. The van der Waals surface area contributed by atoms with E-state index >= 15 is 0 Å². The number of aliphatic imine (C=N–C) groups is 1. The summed E-state index contributed by atoms with van der Waals surface area (Å²) in [6, 6.07) is 4.31. The molecule has 1 aliphatic rings. The molecule has 3 N–H and O–H groups in total. The van der Waals surface area contributed by atoms with Gasteiger partial charge in [0.2, 0.25) is 6.43 Å². The van der Waals surface area contributed by atoms with Gasteiger partial charge in [-0.2, -0.15) is 13.2 Å². The van der Waals surface area contributed by atoms with E-state index in [-0.39, 0.29) is 12.5 Å². The SMILES string of the molecule is NC(=NCc1cccc(C(F)(F)F)c1)N[C@H]1C[C@@H]1C(F)F. The smallest absolute Gasteiger partial charge is 0.370 e. The van der Waals surface area contributed by atoms with Crippen LogP contribution in [0.15, 0.2) is 29.3 Å². The van der Waals surface area contributed by atoms with Gasteiger partial charge in [-0.3, -0.25) is 0 Å². The first-order valence-corrected chi connectivity index (χ1v) is 6.28. The highest BCUT2D eigenvalue weighted by atomic mass is 19.4. The molecule has 1 saturated carbocycles. The van der Waals surface area contributed by atoms with Crippen molar-refractivity contribution in [2.24, 2.45) is 16.6 Å². The van der Waals surface area contributed by atoms with Gasteiger partial charge >= 0.3 is 6.18 Å². The standard InChI is InChI=1S/C13H14F5N3/c14-11(15)9-5-10(9)21-12(19)20-6-7-2-1-3-8(4-7)13(16,17)18/h1-4,9-11H,5-6H2,(H3,19,20,21)/t9-,10-/m0/s1. The van der Waals surface area contributed by atoms with Gasteiger partial charge in [-0.1, -0.05) is 12.1 Å². The first kappa shape index (κ1) is 15.5. The van der Waals surface area contributed by atoms with Crippen molar-refractivity contribution in [2.45, 2.75) is 31.6 Å². The van der Waals surface area contributed by atoms with Gasteiger partial charge in [0.1, 0.15) is 0 Å². The van der Waals surface area contributed by atoms with E-state index in [0.29, 0.717) is 12.0 Å². The van der Waals surface area contributed by atoms with Gasteiger partial charge < -0.3 is 11.1 Å². The molecule has 116 valence electrons. The van der Waals surface area contributed by atoms with Crippen LogP contribution < -0.4 is 11.1 Å². The lowest BCUT2D eigenvalue weighted by molar-refractivity contribution is -0.137. The van der Waals surface area contributed by atoms with Crippen molar-refractivity contribution in [3.05, 3.63) is 35.4 Å². The summed E-state index contributed by atoms with van der Waals surface area (Å²) in [5, 5.41) is 2.63. The Morgan fingerprint density at radius 2 is 2.10 bits per heavy atom. The van der Waals surface area contributed by atoms with Crippen LogP contribution in [0.4, 0.5) is 22.0 Å². The van der Waals surface area contributed by atoms with E-state index in [1.807, 2.05) is 0 Å². The van der Waals surface area contributed by atoms with Crippen LogP contribution >= 0.6 is 0 Å². The van der Waals surface area contributed by atoms with Gasteiger partial charge in [-0.05, 0) is 24.1 Å². The summed E-state index contributed by atoms with van der Waals surface area (Å²) >= 11 is 0. The minimum absolute atomic E-state index is 0.0411. The van der Waals surface area contributed by atoms with Crippen molar-refractivity contribution in [1.29, 1.82) is 0 Å². The summed E-state index contributed by atoms with van der Waals surface area (Å²) in [7, 11) is 0. The van der Waals surface area contributed by atoms with E-state index in [1.54, 1.807) is 0 Å². The maximum absolute atomic E-state index is 12.5. The second kappa shape index (κ2) is 5.87. The molecule has 0 spiro atoms. The summed E-state index contributed by atoms with van der Waals surface area (Å²) in [5.74, 6) is -0.770. The van der Waals surface area contributed by atoms with Crippen molar-refractivity contribution in [1.82, 2.24) is 5.32 Å². The number of benzene rings is 1. The Balaban J connectivity index is 1.92. The summed E-state index contributed by atoms with van der Waals surface area (Å²) < 4.78 is 62.2. The molecule has 0 bridgehead atoms. The van der Waals surface area contributed by atoms with E-state index in [2.05, 4.69) is 10.3 Å². The fourth-order valence-electron chi connectivity index (χ4n) is 1.92. The Bertz CT molecular complexity index is 527. The Hall–Kier alpha value is -1.86. The lowest BCUT2D eigenvalue weighted by Crippen LogP contribution is -2.34. The van der Waals surface area contributed by atoms with Crippen LogP contribution in [0.5, 0.6) is 0 Å². The summed E-state index contributed by atoms with van der Waals surface area (Å²) in [5.41, 5.74) is 5.10. The van der Waals surface area contributed by atoms with E-state index in [1.165, 1.54) is 12.1 Å². The zero-order valence-corrected chi connectivity index (χ0v) is 10.9. The number of nitrogens with one attached hydrogen (secondary N) is 1. The Morgan fingerprint density at radius 1 is 1.38 bits per heavy atom. The Morgan fingerprint density at radius 3 is 2.67 bits per heavy atom. The molecule has 1 aromatic carbocycles. The van der Waals surface area contributed by atoms with Gasteiger partial charge in [-0.25, -0.2) is 13.8 Å². The predicted octanol–water partition coefficient (Wildman–Crippen LogP) is 2.76. The summed E-state index contributed by atoms with van der Waals surface area (Å²) in [6.07, 6.45) is -6.50. The summed E-state index contributed by atoms with van der Waals surface area (Å²) in [6.45, 7) is -0.0468. The fourth-order valence-corrected chi connectivity index (χ4v) is 1.92. The molecule has 3 nitrogen and oxygen atoms in total. The van der Waals surface area contributed by atoms with Gasteiger partial charge in [0.25, 0.3) is 0 Å². The van der Waals surface area contributed by atoms with Crippen molar-refractivity contribution < 1.29 is 22.0 Å². The lowest BCUT2D eigenvalue weighted by Gasteiger charge is -2.08. The molecule has 21 heavy (non-hydrogen) atoms. The molecule has 0 aromatic heterocycles. The molecule has 2 rings (SSSR count). The third kappa shape index (κ3) is 4.30. The minimum atomic E-state index is -4.41. The molecular weight excluding hydrogens is 293 g/mol. The van der Waals surface area contributed by atoms with Gasteiger partial charge in [0.15, 0.2) is 5.96 Å². The molecule has 0 unspecified atom stereocenters. The highest BCUT2D eigenvalue weighted by Gasteiger charge is 2.44. The Labute approximate surface area is 118 Å². The maximum Gasteiger partial charge on any atom is 0.416 e. The number of nitrogens with two attached hydrogens (primary N) is 1. The van der Waals surface area contributed by atoms with E-state index in [4.69, 9.17) is 5.73 Å². The van der Waals surface area contributed by atoms with Crippen LogP contribution in [0.25, 0.3) is 0 Å². The van der Waals surface area contributed by atoms with Crippen molar-refractivity contribution in [3.8, 4) is 0 Å². The fraction of sp³-hybridized carbons (Fsp3) is 0.462. The van der Waals surface area contributed by atoms with Gasteiger partial charge in [0, 0.05) is 12.0 Å². The third-order valence-electron chi connectivity index (χ3n) is 3.18. The minimum Gasteiger partial charge on any atom is -0.370 e. The normalized spacial score (nSPS) is 22.5. The average molecular weight is 307 g/mol. The highest BCUT2D eigenvalue weighted by Crippen LogP contribution is 2.35. The lowest BCUT2D eigenvalue weighted by atomic mass is 10.1. The van der Waals surface area contributed by atoms with E-state index < -0.39 is 30.1 Å². The quantitative estimate of drug-likeness (QED) is 0.510. The average Bonchev–Trinajstić information content (AvgIpc) is 3.15. The monoisotopic (exact) mass is 307 g/mol. The molecule has 0 aliphatic heterocycles. The van der Waals surface area contributed by atoms with Crippen molar-refractivity contribution in [3.63, 3.8) is 0 Å². The van der Waals surface area contributed by atoms with Crippen LogP contribution in [-0.4, -0.2) is 18.4 Å². The van der Waals surface area contributed by atoms with Crippen molar-refractivity contribution >= 4 is 5.96 Å². The number of hydrogen-bond donors (Lipinski definition) is 2. The number of rotatable bonds is 4. The van der Waals surface area contributed by atoms with Crippen LogP contribution in [0.3, 0.4) is 0 Å². The van der Waals surface area contributed by atoms with Gasteiger partial charge in [-0.15, -0.1) is 0 Å².